The highest BCUT2D eigenvalue weighted by atomic mass is 16.5. The van der Waals surface area contributed by atoms with E-state index in [0.29, 0.717) is 6.61 Å². The summed E-state index contributed by atoms with van der Waals surface area (Å²) in [5.41, 5.74) is 0. The van der Waals surface area contributed by atoms with Gasteiger partial charge < -0.3 is 4.74 Å². The smallest absolute Gasteiger partial charge is 0.330 e. The first kappa shape index (κ1) is 12.6. The lowest BCUT2D eigenvalue weighted by Crippen LogP contribution is -2.47. The van der Waals surface area contributed by atoms with Gasteiger partial charge in [0.1, 0.15) is 0 Å². The number of hydrogen-bond acceptors (Lipinski definition) is 4. The van der Waals surface area contributed by atoms with Gasteiger partial charge in [-0.3, -0.25) is 9.80 Å². The van der Waals surface area contributed by atoms with Crippen LogP contribution in [-0.2, 0) is 9.53 Å². The molecular formula is C13H22N2O2. The molecule has 0 spiro atoms. The predicted octanol–water partition coefficient (Wildman–Crippen LogP) is 0.886. The van der Waals surface area contributed by atoms with E-state index in [1.807, 2.05) is 13.0 Å². The monoisotopic (exact) mass is 238 g/mol. The van der Waals surface area contributed by atoms with E-state index in [1.54, 1.807) is 0 Å². The summed E-state index contributed by atoms with van der Waals surface area (Å²) in [6.45, 7) is 7.71. The minimum atomic E-state index is -0.232. The molecule has 0 bridgehead atoms. The Morgan fingerprint density at radius 2 is 2.00 bits per heavy atom. The quantitative estimate of drug-likeness (QED) is 0.526. The Kier molecular flexibility index (Phi) is 4.57. The summed E-state index contributed by atoms with van der Waals surface area (Å²) in [5.74, 6) is -0.232. The van der Waals surface area contributed by atoms with Crippen LogP contribution in [0.2, 0.25) is 0 Å². The van der Waals surface area contributed by atoms with Crippen molar-refractivity contribution in [3.8, 4) is 0 Å². The van der Waals surface area contributed by atoms with Gasteiger partial charge >= 0.3 is 5.97 Å². The molecule has 2 aliphatic rings. The van der Waals surface area contributed by atoms with Crippen molar-refractivity contribution in [1.82, 2.24) is 9.80 Å². The van der Waals surface area contributed by atoms with E-state index < -0.39 is 0 Å². The number of esters is 1. The second-order valence-electron chi connectivity index (χ2n) is 4.72. The second-order valence-corrected chi connectivity index (χ2v) is 4.72. The van der Waals surface area contributed by atoms with E-state index in [4.69, 9.17) is 4.74 Å². The molecule has 1 aliphatic carbocycles. The number of piperazine rings is 1. The minimum Gasteiger partial charge on any atom is -0.463 e. The van der Waals surface area contributed by atoms with Crippen LogP contribution in [-0.4, -0.2) is 61.1 Å². The average molecular weight is 238 g/mol. The normalized spacial score (nSPS) is 23.1. The van der Waals surface area contributed by atoms with E-state index >= 15 is 0 Å². The van der Waals surface area contributed by atoms with Crippen LogP contribution in [0.15, 0.2) is 12.2 Å². The fourth-order valence-corrected chi connectivity index (χ4v) is 2.24. The molecule has 96 valence electrons. The zero-order chi connectivity index (χ0) is 12.1. The van der Waals surface area contributed by atoms with Crippen molar-refractivity contribution < 1.29 is 9.53 Å². The van der Waals surface area contributed by atoms with Crippen LogP contribution in [0.25, 0.3) is 0 Å². The zero-order valence-electron chi connectivity index (χ0n) is 10.6. The molecule has 1 heterocycles. The van der Waals surface area contributed by atoms with Crippen LogP contribution in [0.5, 0.6) is 0 Å². The van der Waals surface area contributed by atoms with E-state index in [1.165, 1.54) is 32.0 Å². The summed E-state index contributed by atoms with van der Waals surface area (Å²) in [4.78, 5) is 16.1. The van der Waals surface area contributed by atoms with Crippen LogP contribution >= 0.6 is 0 Å². The van der Waals surface area contributed by atoms with E-state index in [9.17, 15) is 4.79 Å². The third-order valence-electron chi connectivity index (χ3n) is 3.37. The summed E-state index contributed by atoms with van der Waals surface area (Å²) in [7, 11) is 0. The van der Waals surface area contributed by atoms with Gasteiger partial charge in [0.25, 0.3) is 0 Å². The Balaban J connectivity index is 1.62. The molecule has 0 radical (unpaired) electrons. The van der Waals surface area contributed by atoms with Gasteiger partial charge in [-0.05, 0) is 19.8 Å². The van der Waals surface area contributed by atoms with Crippen LogP contribution in [0.3, 0.4) is 0 Å². The number of ether oxygens (including phenoxy) is 1. The van der Waals surface area contributed by atoms with Crippen molar-refractivity contribution in [1.29, 1.82) is 0 Å². The van der Waals surface area contributed by atoms with Gasteiger partial charge in [0, 0.05) is 44.8 Å². The van der Waals surface area contributed by atoms with Crippen LogP contribution < -0.4 is 0 Å². The van der Waals surface area contributed by atoms with Gasteiger partial charge in [-0.25, -0.2) is 4.79 Å². The fourth-order valence-electron chi connectivity index (χ4n) is 2.24. The van der Waals surface area contributed by atoms with Crippen molar-refractivity contribution in [3.05, 3.63) is 12.2 Å². The molecule has 2 fully saturated rings. The topological polar surface area (TPSA) is 32.8 Å². The summed E-state index contributed by atoms with van der Waals surface area (Å²) in [6.07, 6.45) is 6.23. The molecule has 2 rings (SSSR count). The first-order chi connectivity index (χ1) is 8.29. The molecule has 0 aromatic carbocycles. The Hall–Kier alpha value is -0.870. The summed E-state index contributed by atoms with van der Waals surface area (Å²) in [5, 5.41) is 0. The molecule has 0 N–H and O–H groups in total. The predicted molar refractivity (Wildman–Crippen MR) is 66.8 cm³/mol. The molecular weight excluding hydrogens is 216 g/mol. The van der Waals surface area contributed by atoms with E-state index in [0.717, 1.165) is 25.7 Å². The van der Waals surface area contributed by atoms with Crippen molar-refractivity contribution in [2.75, 3.05) is 39.3 Å². The molecule has 0 unspecified atom stereocenters. The highest BCUT2D eigenvalue weighted by Gasteiger charge is 2.30. The Labute approximate surface area is 103 Å². The van der Waals surface area contributed by atoms with E-state index in [2.05, 4.69) is 9.80 Å². The van der Waals surface area contributed by atoms with Crippen molar-refractivity contribution >= 4 is 5.97 Å². The largest absolute Gasteiger partial charge is 0.463 e. The van der Waals surface area contributed by atoms with Gasteiger partial charge in [-0.15, -0.1) is 0 Å². The minimum absolute atomic E-state index is 0.232. The molecule has 1 saturated heterocycles. The van der Waals surface area contributed by atoms with Crippen LogP contribution in [0.4, 0.5) is 0 Å². The molecule has 0 aromatic rings. The summed E-state index contributed by atoms with van der Waals surface area (Å²) < 4.78 is 4.84. The first-order valence-corrected chi connectivity index (χ1v) is 6.59. The van der Waals surface area contributed by atoms with E-state index in [-0.39, 0.29) is 5.97 Å². The third kappa shape index (κ3) is 4.13. The molecule has 0 aromatic heterocycles. The lowest BCUT2D eigenvalue weighted by atomic mass is 10.3. The zero-order valence-corrected chi connectivity index (χ0v) is 10.6. The van der Waals surface area contributed by atoms with Crippen molar-refractivity contribution in [3.63, 3.8) is 0 Å². The van der Waals surface area contributed by atoms with Crippen molar-refractivity contribution in [2.24, 2.45) is 0 Å². The number of rotatable bonds is 5. The number of carbonyl (C=O) groups excluding carboxylic acids is 1. The lowest BCUT2D eigenvalue weighted by molar-refractivity contribution is -0.137. The second kappa shape index (κ2) is 6.17. The average Bonchev–Trinajstić information content (AvgIpc) is 3.14. The maximum absolute atomic E-state index is 11.1. The van der Waals surface area contributed by atoms with Gasteiger partial charge in [0.2, 0.25) is 0 Å². The molecule has 4 heteroatoms. The fraction of sp³-hybridized carbons (Fsp3) is 0.769. The summed E-state index contributed by atoms with van der Waals surface area (Å²) in [6, 6.07) is 0.882. The molecule has 0 amide bonds. The Bertz CT molecular complexity index is 279. The van der Waals surface area contributed by atoms with Gasteiger partial charge in [-0.2, -0.15) is 0 Å². The molecule has 4 nitrogen and oxygen atoms in total. The highest BCUT2D eigenvalue weighted by Crippen LogP contribution is 2.27. The number of nitrogens with zero attached hydrogens (tertiary/aromatic N) is 2. The number of carbonyl (C=O) groups is 1. The van der Waals surface area contributed by atoms with Gasteiger partial charge in [-0.1, -0.05) is 6.08 Å². The first-order valence-electron chi connectivity index (χ1n) is 6.59. The van der Waals surface area contributed by atoms with Crippen molar-refractivity contribution in [2.45, 2.75) is 25.8 Å². The molecule has 0 atom stereocenters. The van der Waals surface area contributed by atoms with Crippen LogP contribution in [0.1, 0.15) is 19.8 Å². The number of hydrogen-bond donors (Lipinski definition) is 0. The molecule has 1 aliphatic heterocycles. The highest BCUT2D eigenvalue weighted by molar-refractivity contribution is 5.81. The van der Waals surface area contributed by atoms with Gasteiger partial charge in [0.05, 0.1) is 6.61 Å². The third-order valence-corrected chi connectivity index (χ3v) is 3.37. The molecule has 17 heavy (non-hydrogen) atoms. The standard InChI is InChI=1S/C13H22N2O2/c1-2-17-13(16)4-3-7-14-8-10-15(11-9-14)12-5-6-12/h3-4,12H,2,5-11H2,1H3/b4-3+. The lowest BCUT2D eigenvalue weighted by Gasteiger charge is -2.34. The maximum atomic E-state index is 11.1. The van der Waals surface area contributed by atoms with Crippen LogP contribution in [0, 0.1) is 0 Å². The maximum Gasteiger partial charge on any atom is 0.330 e. The molecule has 1 saturated carbocycles. The Morgan fingerprint density at radius 3 is 2.59 bits per heavy atom. The summed E-state index contributed by atoms with van der Waals surface area (Å²) >= 11 is 0. The Morgan fingerprint density at radius 1 is 1.29 bits per heavy atom. The van der Waals surface area contributed by atoms with Gasteiger partial charge in [0.15, 0.2) is 0 Å². The SMILES string of the molecule is CCOC(=O)/C=C/CN1CCN(C2CC2)CC1.